The molecule has 0 saturated carbocycles. The molecule has 0 fully saturated rings. The maximum Gasteiger partial charge on any atom is 0.0237 e. The van der Waals surface area contributed by atoms with Gasteiger partial charge in [0.2, 0.25) is 0 Å². The van der Waals surface area contributed by atoms with Crippen molar-refractivity contribution in [1.82, 2.24) is 0 Å². The molecule has 0 spiro atoms. The fourth-order valence-corrected chi connectivity index (χ4v) is 9.56. The molecule has 0 bridgehead atoms. The van der Waals surface area contributed by atoms with Gasteiger partial charge in [-0.25, -0.2) is 0 Å². The zero-order valence-electron chi connectivity index (χ0n) is 20.9. The van der Waals surface area contributed by atoms with Gasteiger partial charge in [0.05, 0.1) is 0 Å². The van der Waals surface area contributed by atoms with E-state index >= 15 is 0 Å². The summed E-state index contributed by atoms with van der Waals surface area (Å²) in [4.78, 5) is 0. The Kier molecular flexibility index (Phi) is 12.7. The summed E-state index contributed by atoms with van der Waals surface area (Å²) >= 11 is 0. The number of allylic oxidation sites excluding steroid dienone is 8. The van der Waals surface area contributed by atoms with Crippen LogP contribution in [0.4, 0.5) is 0 Å². The van der Waals surface area contributed by atoms with Crippen LogP contribution in [0.5, 0.6) is 0 Å². The van der Waals surface area contributed by atoms with Crippen LogP contribution in [-0.4, -0.2) is 11.3 Å². The number of hydrogen-bond acceptors (Lipinski definition) is 0. The monoisotopic (exact) mass is 615 g/mol. The fourth-order valence-electron chi connectivity index (χ4n) is 4.53. The normalized spacial score (nSPS) is 13.7. The Morgan fingerprint density at radius 2 is 0.553 bits per heavy atom. The summed E-state index contributed by atoms with van der Waals surface area (Å²) in [5.41, 5.74) is 1.06. The van der Waals surface area contributed by atoms with Crippen LogP contribution in [0.2, 0.25) is 0 Å². The third-order valence-corrected chi connectivity index (χ3v) is 11.5. The first-order chi connectivity index (χ1) is 17.9. The van der Waals surface area contributed by atoms with E-state index in [0.29, 0.717) is 11.3 Å². The summed E-state index contributed by atoms with van der Waals surface area (Å²) in [5, 5.41) is 5.78. The Morgan fingerprint density at radius 1 is 0.342 bits per heavy atom. The van der Waals surface area contributed by atoms with Crippen molar-refractivity contribution in [2.75, 3.05) is 0 Å². The first-order valence-corrected chi connectivity index (χ1v) is 15.2. The van der Waals surface area contributed by atoms with Gasteiger partial charge in [-0.15, -0.1) is 0 Å². The van der Waals surface area contributed by atoms with Crippen LogP contribution >= 0.6 is 15.8 Å². The molecule has 0 saturated heterocycles. The molecule has 4 aromatic rings. The van der Waals surface area contributed by atoms with Gasteiger partial charge >= 0.3 is 0 Å². The second-order valence-corrected chi connectivity index (χ2v) is 13.3. The Balaban J connectivity index is 0.000000200. The predicted molar refractivity (Wildman–Crippen MR) is 162 cm³/mol. The minimum Gasteiger partial charge on any atom is -0.0727 e. The standard InChI is InChI=1S/2C17H15P.Co.Fe/c2*1-3-9-15(10-4-1)18(17-13-7-8-14-17)16-11-5-2-6-12-16;;/h2*1-14,17H;;. The van der Waals surface area contributed by atoms with Gasteiger partial charge in [0.1, 0.15) is 0 Å². The molecule has 1 radical (unpaired) electrons. The van der Waals surface area contributed by atoms with Crippen molar-refractivity contribution in [3.8, 4) is 0 Å². The smallest absolute Gasteiger partial charge is 0.0237 e. The predicted octanol–water partition coefficient (Wildman–Crippen LogP) is 7.22. The van der Waals surface area contributed by atoms with E-state index < -0.39 is 0 Å². The van der Waals surface area contributed by atoms with E-state index in [1.165, 1.54) is 21.2 Å². The zero-order chi connectivity index (χ0) is 24.4. The summed E-state index contributed by atoms with van der Waals surface area (Å²) in [5.74, 6) is 0. The molecule has 6 rings (SSSR count). The van der Waals surface area contributed by atoms with Crippen molar-refractivity contribution >= 4 is 37.1 Å². The minimum absolute atomic E-state index is 0. The maximum absolute atomic E-state index is 2.31. The fraction of sp³-hybridized carbons (Fsp3) is 0.0588. The van der Waals surface area contributed by atoms with E-state index in [0.717, 1.165) is 0 Å². The van der Waals surface area contributed by atoms with Crippen LogP contribution in [0.3, 0.4) is 0 Å². The summed E-state index contributed by atoms with van der Waals surface area (Å²) in [6.07, 6.45) is 17.9. The van der Waals surface area contributed by atoms with E-state index in [4.69, 9.17) is 0 Å². The first-order valence-electron chi connectivity index (χ1n) is 12.4. The van der Waals surface area contributed by atoms with Gasteiger partial charge in [0.25, 0.3) is 0 Å². The van der Waals surface area contributed by atoms with E-state index in [-0.39, 0.29) is 49.7 Å². The molecule has 0 nitrogen and oxygen atoms in total. The van der Waals surface area contributed by atoms with Crippen LogP contribution in [0, 0.1) is 0 Å². The van der Waals surface area contributed by atoms with Crippen LogP contribution < -0.4 is 21.2 Å². The van der Waals surface area contributed by atoms with Crippen LogP contribution in [-0.2, 0) is 33.8 Å². The summed E-state index contributed by atoms with van der Waals surface area (Å²) in [6, 6.07) is 43.4. The summed E-state index contributed by atoms with van der Waals surface area (Å²) in [7, 11) is -0.651. The molecular formula is C34H30CoFeP2. The SMILES string of the molecule is C1=CC(P(c2ccccc2)c2ccccc2)C=C1.C1=CC(P(c2ccccc2)c2ccccc2)C=C1.[Co].[Fe]. The van der Waals surface area contributed by atoms with E-state index in [1.807, 2.05) is 0 Å². The number of hydrogen-bond donors (Lipinski definition) is 0. The molecular weight excluding hydrogens is 585 g/mol. The third kappa shape index (κ3) is 7.87. The largest absolute Gasteiger partial charge is 0.0727 e. The van der Waals surface area contributed by atoms with Gasteiger partial charge in [0.15, 0.2) is 0 Å². The quantitative estimate of drug-likeness (QED) is 0.159. The van der Waals surface area contributed by atoms with Gasteiger partial charge < -0.3 is 0 Å². The van der Waals surface area contributed by atoms with Crippen molar-refractivity contribution < 1.29 is 33.8 Å². The van der Waals surface area contributed by atoms with Crippen LogP contribution in [0.1, 0.15) is 0 Å². The molecule has 2 aliphatic rings. The molecule has 4 heteroatoms. The molecule has 0 aromatic heterocycles. The van der Waals surface area contributed by atoms with Crippen molar-refractivity contribution in [2.45, 2.75) is 11.3 Å². The second-order valence-electron chi connectivity index (χ2n) is 8.60. The molecule has 0 amide bonds. The summed E-state index contributed by atoms with van der Waals surface area (Å²) in [6.45, 7) is 0. The van der Waals surface area contributed by atoms with Gasteiger partial charge in [-0.05, 0) is 37.1 Å². The van der Waals surface area contributed by atoms with Gasteiger partial charge in [-0.1, -0.05) is 170 Å². The Bertz CT molecular complexity index is 1130. The van der Waals surface area contributed by atoms with Gasteiger partial charge in [0, 0.05) is 45.2 Å². The molecule has 2 aliphatic carbocycles. The average molecular weight is 615 g/mol. The van der Waals surface area contributed by atoms with Crippen molar-refractivity contribution in [3.63, 3.8) is 0 Å². The maximum atomic E-state index is 2.31. The van der Waals surface area contributed by atoms with E-state index in [9.17, 15) is 0 Å². The molecule has 0 unspecified atom stereocenters. The number of rotatable bonds is 6. The van der Waals surface area contributed by atoms with E-state index in [1.54, 1.807) is 0 Å². The molecule has 38 heavy (non-hydrogen) atoms. The third-order valence-electron chi connectivity index (χ3n) is 6.19. The second kappa shape index (κ2) is 16.0. The first kappa shape index (κ1) is 30.3. The molecule has 0 N–H and O–H groups in total. The Hall–Kier alpha value is -2.27. The molecule has 0 aliphatic heterocycles. The van der Waals surface area contributed by atoms with Crippen molar-refractivity contribution in [1.29, 1.82) is 0 Å². The van der Waals surface area contributed by atoms with Crippen molar-refractivity contribution in [2.24, 2.45) is 0 Å². The van der Waals surface area contributed by atoms with Crippen molar-refractivity contribution in [3.05, 3.63) is 170 Å². The van der Waals surface area contributed by atoms with Gasteiger partial charge in [-0.3, -0.25) is 0 Å². The minimum atomic E-state index is -0.326. The number of benzene rings is 4. The van der Waals surface area contributed by atoms with Gasteiger partial charge in [-0.2, -0.15) is 0 Å². The molecule has 193 valence electrons. The van der Waals surface area contributed by atoms with E-state index in [2.05, 4.69) is 170 Å². The topological polar surface area (TPSA) is 0 Å². The zero-order valence-corrected chi connectivity index (χ0v) is 24.8. The Morgan fingerprint density at radius 3 is 0.763 bits per heavy atom. The summed E-state index contributed by atoms with van der Waals surface area (Å²) < 4.78 is 0. The molecule has 0 atom stereocenters. The van der Waals surface area contributed by atoms with Crippen LogP contribution in [0.25, 0.3) is 0 Å². The van der Waals surface area contributed by atoms with Crippen LogP contribution in [0.15, 0.2) is 170 Å². The molecule has 0 heterocycles. The Labute approximate surface area is 250 Å². The average Bonchev–Trinajstić information content (AvgIpc) is 3.68. The molecule has 4 aromatic carbocycles.